The minimum atomic E-state index is -0.125. The molecule has 5 heterocycles. The Labute approximate surface area is 326 Å². The highest BCUT2D eigenvalue weighted by Gasteiger charge is 2.46. The standard InChI is InChI=1S/C51H31BN2OS/c1-51(2)38-18-8-5-14-31(38)32-24-23-29(26-39(32)51)54-41-25-22-28-12-3-4-13-30(28)44(41)37-27-36-33-15-6-9-20-42(33)55-49(36)48-46(37)52(54)40-19-11-17-35-45-34-16-7-10-21-43(34)56-50(45)53(48)47(35)40/h3-27H,1-2H3. The summed E-state index contributed by atoms with van der Waals surface area (Å²) in [5.41, 5.74) is 17.3. The highest BCUT2D eigenvalue weighted by Crippen LogP contribution is 2.54. The van der Waals surface area contributed by atoms with Gasteiger partial charge in [-0.3, -0.25) is 4.57 Å². The highest BCUT2D eigenvalue weighted by atomic mass is 32.1. The molecule has 0 bridgehead atoms. The van der Waals surface area contributed by atoms with Crippen LogP contribution in [-0.4, -0.2) is 11.4 Å². The van der Waals surface area contributed by atoms with E-state index in [1.807, 2.05) is 11.3 Å². The van der Waals surface area contributed by atoms with Crippen molar-refractivity contribution in [3.8, 4) is 27.9 Å². The maximum absolute atomic E-state index is 7.07. The number of thiophene rings is 1. The Bertz CT molecular complexity index is 3600. The zero-order chi connectivity index (χ0) is 36.6. The SMILES string of the molecule is CC1(C)c2ccccc2-c2ccc(N3B4c5c(cc6c(oc7ccccc76)c5-n5c6sc7ccccc7c6c6cccc4c65)-c4c3ccc3ccccc43)cc21. The molecule has 8 aromatic carbocycles. The van der Waals surface area contributed by atoms with Crippen molar-refractivity contribution < 1.29 is 4.42 Å². The molecule has 0 N–H and O–H groups in total. The zero-order valence-electron chi connectivity index (χ0n) is 30.7. The number of aromatic nitrogens is 1. The smallest absolute Gasteiger partial charge is 0.333 e. The number of nitrogens with zero attached hydrogens (tertiary/aromatic N) is 2. The number of hydrogen-bond acceptors (Lipinski definition) is 3. The summed E-state index contributed by atoms with van der Waals surface area (Å²) in [5, 5.41) is 8.75. The molecular formula is C51H31BN2OS. The summed E-state index contributed by atoms with van der Waals surface area (Å²) in [6, 6.07) is 56.8. The third-order valence-electron chi connectivity index (χ3n) is 13.4. The van der Waals surface area contributed by atoms with Crippen LogP contribution >= 0.6 is 11.3 Å². The molecule has 3 aromatic heterocycles. The number of para-hydroxylation sites is 2. The summed E-state index contributed by atoms with van der Waals surface area (Å²) in [5.74, 6) is 0. The molecule has 5 heteroatoms. The number of anilines is 2. The van der Waals surface area contributed by atoms with Gasteiger partial charge in [-0.15, -0.1) is 11.3 Å². The molecule has 0 radical (unpaired) electrons. The molecule has 0 atom stereocenters. The van der Waals surface area contributed by atoms with Crippen LogP contribution in [0.2, 0.25) is 0 Å². The van der Waals surface area contributed by atoms with Gasteiger partial charge in [0.1, 0.15) is 10.4 Å². The molecule has 0 amide bonds. The van der Waals surface area contributed by atoms with Crippen LogP contribution in [-0.2, 0) is 5.41 Å². The summed E-state index contributed by atoms with van der Waals surface area (Å²) in [4.78, 5) is 3.94. The van der Waals surface area contributed by atoms with E-state index in [0.29, 0.717) is 0 Å². The first-order valence-electron chi connectivity index (χ1n) is 19.5. The molecule has 0 saturated carbocycles. The largest absolute Gasteiger partial charge is 0.454 e. The van der Waals surface area contributed by atoms with Crippen LogP contribution in [0.25, 0.3) is 91.9 Å². The van der Waals surface area contributed by atoms with Gasteiger partial charge in [-0.1, -0.05) is 129 Å². The second-order valence-corrected chi connectivity index (χ2v) is 17.4. The van der Waals surface area contributed by atoms with Crippen molar-refractivity contribution in [3.05, 3.63) is 163 Å². The molecule has 0 fully saturated rings. The second-order valence-electron chi connectivity index (χ2n) is 16.4. The van der Waals surface area contributed by atoms with E-state index < -0.39 is 0 Å². The first-order chi connectivity index (χ1) is 27.6. The summed E-state index contributed by atoms with van der Waals surface area (Å²) in [6.45, 7) is 4.68. The Hall–Kier alpha value is -6.56. The Morgan fingerprint density at radius 1 is 0.607 bits per heavy atom. The first kappa shape index (κ1) is 29.8. The minimum Gasteiger partial charge on any atom is -0.454 e. The van der Waals surface area contributed by atoms with Crippen molar-refractivity contribution in [3.63, 3.8) is 0 Å². The molecule has 1 aliphatic carbocycles. The predicted molar refractivity (Wildman–Crippen MR) is 238 cm³/mol. The molecule has 3 nitrogen and oxygen atoms in total. The van der Waals surface area contributed by atoms with Gasteiger partial charge in [0.05, 0.1) is 11.2 Å². The first-order valence-corrected chi connectivity index (χ1v) is 20.4. The van der Waals surface area contributed by atoms with Crippen molar-refractivity contribution in [2.24, 2.45) is 0 Å². The van der Waals surface area contributed by atoms with E-state index in [-0.39, 0.29) is 12.3 Å². The van der Waals surface area contributed by atoms with E-state index in [4.69, 9.17) is 4.42 Å². The maximum Gasteiger partial charge on any atom is 0.333 e. The van der Waals surface area contributed by atoms with E-state index >= 15 is 0 Å². The van der Waals surface area contributed by atoms with Crippen molar-refractivity contribution in [1.82, 2.24) is 4.57 Å². The van der Waals surface area contributed by atoms with Crippen molar-refractivity contribution >= 4 is 104 Å². The van der Waals surface area contributed by atoms with Crippen LogP contribution < -0.4 is 15.7 Å². The number of rotatable bonds is 1. The zero-order valence-corrected chi connectivity index (χ0v) is 31.5. The van der Waals surface area contributed by atoms with E-state index in [1.165, 1.54) is 103 Å². The van der Waals surface area contributed by atoms with Crippen LogP contribution in [0.3, 0.4) is 0 Å². The fraction of sp³-hybridized carbons (Fsp3) is 0.0588. The van der Waals surface area contributed by atoms with Gasteiger partial charge in [-0.05, 0) is 85.9 Å². The van der Waals surface area contributed by atoms with Crippen LogP contribution in [0.5, 0.6) is 0 Å². The second kappa shape index (κ2) is 10.00. The lowest BCUT2D eigenvalue weighted by Crippen LogP contribution is -2.60. The monoisotopic (exact) mass is 730 g/mol. The molecule has 0 saturated heterocycles. The molecule has 260 valence electrons. The fourth-order valence-corrected chi connectivity index (χ4v) is 12.2. The topological polar surface area (TPSA) is 21.3 Å². The normalized spacial score (nSPS) is 14.7. The van der Waals surface area contributed by atoms with E-state index in [0.717, 1.165) is 21.9 Å². The van der Waals surface area contributed by atoms with Crippen LogP contribution in [0, 0.1) is 0 Å². The van der Waals surface area contributed by atoms with Crippen LogP contribution in [0.1, 0.15) is 25.0 Å². The number of benzene rings is 8. The van der Waals surface area contributed by atoms with E-state index in [9.17, 15) is 0 Å². The Kier molecular flexibility index (Phi) is 5.31. The van der Waals surface area contributed by atoms with Crippen LogP contribution in [0.15, 0.2) is 156 Å². The highest BCUT2D eigenvalue weighted by molar-refractivity contribution is 7.26. The molecule has 56 heavy (non-hydrogen) atoms. The average molecular weight is 731 g/mol. The maximum atomic E-state index is 7.07. The molecule has 2 aliphatic heterocycles. The van der Waals surface area contributed by atoms with Crippen molar-refractivity contribution in [1.29, 1.82) is 0 Å². The summed E-state index contributed by atoms with van der Waals surface area (Å²) in [7, 11) is 0. The lowest BCUT2D eigenvalue weighted by atomic mass is 9.43. The van der Waals surface area contributed by atoms with Gasteiger partial charge in [0.15, 0.2) is 5.58 Å². The summed E-state index contributed by atoms with van der Waals surface area (Å²) < 4.78 is 11.0. The third kappa shape index (κ3) is 3.40. The quantitative estimate of drug-likeness (QED) is 0.157. The summed E-state index contributed by atoms with van der Waals surface area (Å²) >= 11 is 1.89. The molecule has 3 aliphatic rings. The number of hydrogen-bond donors (Lipinski definition) is 0. The minimum absolute atomic E-state index is 0.0947. The van der Waals surface area contributed by atoms with E-state index in [1.54, 1.807) is 0 Å². The third-order valence-corrected chi connectivity index (χ3v) is 14.5. The molecule has 14 rings (SSSR count). The molecular weight excluding hydrogens is 699 g/mol. The van der Waals surface area contributed by atoms with Gasteiger partial charge in [0, 0.05) is 54.0 Å². The molecule has 0 unspecified atom stereocenters. The molecule has 11 aromatic rings. The number of furan rings is 1. The lowest BCUT2D eigenvalue weighted by Gasteiger charge is -2.42. The Balaban J connectivity index is 1.19. The molecule has 0 spiro atoms. The predicted octanol–water partition coefficient (Wildman–Crippen LogP) is 12.6. The van der Waals surface area contributed by atoms with Crippen LogP contribution in [0.4, 0.5) is 11.4 Å². The van der Waals surface area contributed by atoms with Crippen molar-refractivity contribution in [2.75, 3.05) is 4.81 Å². The van der Waals surface area contributed by atoms with Gasteiger partial charge in [-0.25, -0.2) is 0 Å². The fourth-order valence-electron chi connectivity index (χ4n) is 11.0. The average Bonchev–Trinajstić information content (AvgIpc) is 3.96. The van der Waals surface area contributed by atoms with E-state index in [2.05, 4.69) is 175 Å². The Morgan fingerprint density at radius 3 is 2.30 bits per heavy atom. The lowest BCUT2D eigenvalue weighted by molar-refractivity contribution is 0.660. The van der Waals surface area contributed by atoms with Gasteiger partial charge in [-0.2, -0.15) is 0 Å². The van der Waals surface area contributed by atoms with Gasteiger partial charge < -0.3 is 9.23 Å². The Morgan fingerprint density at radius 2 is 1.38 bits per heavy atom. The summed E-state index contributed by atoms with van der Waals surface area (Å²) in [6.07, 6.45) is 0. The number of fused-ring (bicyclic) bond motifs is 18. The van der Waals surface area contributed by atoms with Crippen molar-refractivity contribution in [2.45, 2.75) is 19.3 Å². The van der Waals surface area contributed by atoms with Gasteiger partial charge in [0.25, 0.3) is 0 Å². The van der Waals surface area contributed by atoms with Gasteiger partial charge >= 0.3 is 6.85 Å². The van der Waals surface area contributed by atoms with Gasteiger partial charge in [0.2, 0.25) is 0 Å².